The number of urea groups is 1. The molecular formula is C29H29BrF3N7O5. The molecule has 2 N–H and O–H groups in total. The molecule has 45 heavy (non-hydrogen) atoms. The van der Waals surface area contributed by atoms with Gasteiger partial charge >= 0.3 is 24.4 Å². The lowest BCUT2D eigenvalue weighted by atomic mass is 10.2. The summed E-state index contributed by atoms with van der Waals surface area (Å²) in [6.07, 6.45) is -4.07. The van der Waals surface area contributed by atoms with E-state index in [-0.39, 0.29) is 27.1 Å². The van der Waals surface area contributed by atoms with E-state index >= 15 is 0 Å². The number of carbonyl (C=O) groups excluding carboxylic acids is 3. The second-order valence-electron chi connectivity index (χ2n) is 11.6. The molecule has 0 aliphatic heterocycles. The number of imide groups is 1. The third kappa shape index (κ3) is 8.26. The van der Waals surface area contributed by atoms with E-state index in [1.807, 2.05) is 0 Å². The number of nitrogens with one attached hydrogen (secondary N) is 2. The summed E-state index contributed by atoms with van der Waals surface area (Å²) in [7, 11) is 0. The fraction of sp³-hybridized carbons (Fsp3) is 0.310. The van der Waals surface area contributed by atoms with Crippen LogP contribution in [-0.4, -0.2) is 48.9 Å². The molecule has 0 saturated carbocycles. The summed E-state index contributed by atoms with van der Waals surface area (Å²) in [6.45, 7) is 9.89. The van der Waals surface area contributed by atoms with Crippen LogP contribution in [0.1, 0.15) is 47.1 Å². The number of hydrogen-bond donors (Lipinski definition) is 2. The third-order valence-corrected chi connectivity index (χ3v) is 6.30. The normalized spacial score (nSPS) is 12.0. The van der Waals surface area contributed by atoms with E-state index in [0.29, 0.717) is 16.3 Å². The lowest BCUT2D eigenvalue weighted by Gasteiger charge is -2.28. The summed E-state index contributed by atoms with van der Waals surface area (Å²) in [5, 5.41) is 4.93. The Bertz CT molecular complexity index is 1720. The molecule has 0 atom stereocenters. The first-order chi connectivity index (χ1) is 20.8. The van der Waals surface area contributed by atoms with Crippen molar-refractivity contribution >= 4 is 62.5 Å². The number of carbonyl (C=O) groups is 3. The number of hydrogen-bond acceptors (Lipinski definition) is 8. The highest BCUT2D eigenvalue weighted by molar-refractivity contribution is 9.10. The summed E-state index contributed by atoms with van der Waals surface area (Å²) in [5.74, 6) is -0.154. The van der Waals surface area contributed by atoms with E-state index < -0.39 is 41.2 Å². The van der Waals surface area contributed by atoms with Crippen molar-refractivity contribution in [3.8, 4) is 5.69 Å². The van der Waals surface area contributed by atoms with Crippen LogP contribution in [0.15, 0.2) is 59.6 Å². The molecule has 238 valence electrons. The van der Waals surface area contributed by atoms with Crippen molar-refractivity contribution < 1.29 is 37.0 Å². The summed E-state index contributed by atoms with van der Waals surface area (Å²) in [5.41, 5.74) is -1.62. The lowest BCUT2D eigenvalue weighted by Crippen LogP contribution is -2.44. The van der Waals surface area contributed by atoms with E-state index in [1.54, 1.807) is 70.4 Å². The number of nitrogens with zero attached hydrogens (tertiary/aromatic N) is 5. The van der Waals surface area contributed by atoms with E-state index in [0.717, 1.165) is 12.4 Å². The van der Waals surface area contributed by atoms with Crippen LogP contribution in [0.3, 0.4) is 0 Å². The molecule has 0 aliphatic rings. The predicted octanol–water partition coefficient (Wildman–Crippen LogP) is 7.92. The minimum absolute atomic E-state index is 0.0492. The average molecular weight is 692 g/mol. The van der Waals surface area contributed by atoms with Crippen LogP contribution in [0.25, 0.3) is 16.9 Å². The number of anilines is 3. The van der Waals surface area contributed by atoms with E-state index in [2.05, 4.69) is 41.5 Å². The number of ether oxygens (including phenoxy) is 2. The number of aromatic nitrogens is 4. The quantitative estimate of drug-likeness (QED) is 0.220. The minimum Gasteiger partial charge on any atom is -0.443 e. The summed E-state index contributed by atoms with van der Waals surface area (Å²) >= 11 is 2.86. The van der Waals surface area contributed by atoms with Crippen LogP contribution in [0.2, 0.25) is 0 Å². The first-order valence-corrected chi connectivity index (χ1v) is 14.1. The lowest BCUT2D eigenvalue weighted by molar-refractivity contribution is -0.138. The minimum atomic E-state index is -4.60. The zero-order valence-corrected chi connectivity index (χ0v) is 26.6. The van der Waals surface area contributed by atoms with Gasteiger partial charge in [0.2, 0.25) is 0 Å². The highest BCUT2D eigenvalue weighted by Crippen LogP contribution is 2.36. The van der Waals surface area contributed by atoms with E-state index in [1.165, 1.54) is 18.5 Å². The van der Waals surface area contributed by atoms with Crippen molar-refractivity contribution in [1.82, 2.24) is 19.5 Å². The molecular weight excluding hydrogens is 663 g/mol. The number of benzene rings is 2. The van der Waals surface area contributed by atoms with Gasteiger partial charge in [0, 0.05) is 21.5 Å². The largest absolute Gasteiger partial charge is 0.443 e. The Balaban J connectivity index is 1.58. The van der Waals surface area contributed by atoms with E-state index in [4.69, 9.17) is 9.47 Å². The number of imidazole rings is 1. The Kier molecular flexibility index (Phi) is 9.10. The average Bonchev–Trinajstić information content (AvgIpc) is 3.33. The zero-order chi connectivity index (χ0) is 33.3. The predicted molar refractivity (Wildman–Crippen MR) is 163 cm³/mol. The van der Waals surface area contributed by atoms with Crippen molar-refractivity contribution in [2.24, 2.45) is 0 Å². The maximum absolute atomic E-state index is 13.2. The molecule has 2 aromatic carbocycles. The Morgan fingerprint density at radius 1 is 0.822 bits per heavy atom. The van der Waals surface area contributed by atoms with Crippen molar-refractivity contribution in [1.29, 1.82) is 0 Å². The van der Waals surface area contributed by atoms with Gasteiger partial charge < -0.3 is 20.1 Å². The number of fused-ring (bicyclic) bond motifs is 1. The van der Waals surface area contributed by atoms with Gasteiger partial charge in [-0.15, -0.1) is 0 Å². The molecule has 0 unspecified atom stereocenters. The van der Waals surface area contributed by atoms with Gasteiger partial charge in [-0.1, -0.05) is 15.9 Å². The Labute approximate surface area is 264 Å². The van der Waals surface area contributed by atoms with Crippen molar-refractivity contribution in [2.75, 3.05) is 15.5 Å². The summed E-state index contributed by atoms with van der Waals surface area (Å²) in [6, 6.07) is 8.94. The smallest absolute Gasteiger partial charge is 0.425 e. The van der Waals surface area contributed by atoms with Crippen LogP contribution in [0.5, 0.6) is 0 Å². The molecule has 12 nitrogen and oxygen atoms in total. The van der Waals surface area contributed by atoms with Gasteiger partial charge in [0.1, 0.15) is 23.9 Å². The third-order valence-electron chi connectivity index (χ3n) is 5.61. The summed E-state index contributed by atoms with van der Waals surface area (Å²) in [4.78, 5) is 52.2. The first kappa shape index (κ1) is 33.2. The first-order valence-electron chi connectivity index (χ1n) is 13.3. The van der Waals surface area contributed by atoms with Gasteiger partial charge in [0.25, 0.3) is 0 Å². The molecule has 0 saturated heterocycles. The molecule has 0 radical (unpaired) electrons. The van der Waals surface area contributed by atoms with Crippen LogP contribution in [0, 0.1) is 0 Å². The number of amides is 4. The SMILES string of the molecule is CC(C)(C)OC(=O)N(C(=O)OC(C)(C)C)c1ncnc2c1ncn2-c1ccc(NC(=O)Nc2ccc(Br)c(C(F)(F)F)c2)cc1. The van der Waals surface area contributed by atoms with Crippen LogP contribution in [-0.2, 0) is 15.7 Å². The van der Waals surface area contributed by atoms with Gasteiger partial charge in [-0.25, -0.2) is 29.3 Å². The zero-order valence-electron chi connectivity index (χ0n) is 25.0. The van der Waals surface area contributed by atoms with Gasteiger partial charge in [-0.3, -0.25) is 4.57 Å². The molecule has 4 aromatic rings. The maximum atomic E-state index is 13.2. The number of rotatable bonds is 4. The Hall–Kier alpha value is -4.73. The fourth-order valence-electron chi connectivity index (χ4n) is 3.86. The molecule has 2 aromatic heterocycles. The molecule has 0 fully saturated rings. The van der Waals surface area contributed by atoms with Gasteiger partial charge in [0.05, 0.1) is 5.56 Å². The molecule has 4 rings (SSSR count). The Morgan fingerprint density at radius 3 is 1.93 bits per heavy atom. The molecule has 0 spiro atoms. The standard InChI is InChI=1S/C29H29BrF3N7O5/c1-27(2,3)44-25(42)40(26(43)45-28(4,5)6)23-21-22(34-14-35-23)39(15-36-21)18-10-7-16(8-11-18)37-24(41)38-17-9-12-20(30)19(13-17)29(31,32)33/h7-15H,1-6H3,(H2,37,38,41). The van der Waals surface area contributed by atoms with Crippen LogP contribution >= 0.6 is 15.9 Å². The molecule has 2 heterocycles. The van der Waals surface area contributed by atoms with Crippen molar-refractivity contribution in [2.45, 2.75) is 58.9 Å². The second kappa shape index (κ2) is 12.3. The topological polar surface area (TPSA) is 141 Å². The molecule has 4 amide bonds. The molecule has 0 bridgehead atoms. The van der Waals surface area contributed by atoms with Gasteiger partial charge in [-0.05, 0) is 84.0 Å². The van der Waals surface area contributed by atoms with Crippen LogP contribution < -0.4 is 15.5 Å². The fourth-order valence-corrected chi connectivity index (χ4v) is 4.33. The monoisotopic (exact) mass is 691 g/mol. The van der Waals surface area contributed by atoms with Crippen molar-refractivity contribution in [3.05, 3.63) is 65.2 Å². The molecule has 0 aliphatic carbocycles. The second-order valence-corrected chi connectivity index (χ2v) is 12.5. The van der Waals surface area contributed by atoms with Gasteiger partial charge in [0.15, 0.2) is 17.0 Å². The molecule has 16 heteroatoms. The number of alkyl halides is 3. The van der Waals surface area contributed by atoms with Crippen molar-refractivity contribution in [3.63, 3.8) is 0 Å². The maximum Gasteiger partial charge on any atom is 0.425 e. The van der Waals surface area contributed by atoms with E-state index in [9.17, 15) is 27.6 Å². The number of halogens is 4. The van der Waals surface area contributed by atoms with Crippen LogP contribution in [0.4, 0.5) is 44.7 Å². The highest BCUT2D eigenvalue weighted by Gasteiger charge is 2.36. The summed E-state index contributed by atoms with van der Waals surface area (Å²) < 4.78 is 51.9. The highest BCUT2D eigenvalue weighted by atomic mass is 79.9. The Morgan fingerprint density at radius 2 is 1.38 bits per heavy atom. The van der Waals surface area contributed by atoms with Gasteiger partial charge in [-0.2, -0.15) is 18.1 Å².